The first-order valence-electron chi connectivity index (χ1n) is 5.25. The van der Waals surface area contributed by atoms with Gasteiger partial charge in [0.25, 0.3) is 0 Å². The van der Waals surface area contributed by atoms with Crippen LogP contribution in [0.4, 0.5) is 11.6 Å². The second-order valence-corrected chi connectivity index (χ2v) is 3.77. The van der Waals surface area contributed by atoms with Gasteiger partial charge in [-0.15, -0.1) is 0 Å². The molecular weight excluding hydrogens is 236 g/mol. The molecule has 0 bridgehead atoms. The van der Waals surface area contributed by atoms with Gasteiger partial charge in [-0.3, -0.25) is 10.1 Å². The minimum absolute atomic E-state index is 0.142. The highest BCUT2D eigenvalue weighted by molar-refractivity contribution is 5.53. The summed E-state index contributed by atoms with van der Waals surface area (Å²) in [6, 6.07) is 0. The summed E-state index contributed by atoms with van der Waals surface area (Å²) >= 11 is 0. The van der Waals surface area contributed by atoms with Crippen LogP contribution in [0.5, 0.6) is 0 Å². The third-order valence-electron chi connectivity index (χ3n) is 2.37. The maximum atomic E-state index is 11.1. The second-order valence-electron chi connectivity index (χ2n) is 3.77. The molecule has 2 aromatic heterocycles. The van der Waals surface area contributed by atoms with E-state index in [0.717, 1.165) is 5.56 Å². The van der Waals surface area contributed by atoms with Crippen LogP contribution in [0.15, 0.2) is 12.4 Å². The zero-order valence-electron chi connectivity index (χ0n) is 10.2. The van der Waals surface area contributed by atoms with Crippen molar-refractivity contribution in [1.29, 1.82) is 0 Å². The number of rotatable bonds is 3. The highest BCUT2D eigenvalue weighted by atomic mass is 16.6. The van der Waals surface area contributed by atoms with Crippen molar-refractivity contribution in [2.24, 2.45) is 0 Å². The zero-order valence-corrected chi connectivity index (χ0v) is 10.2. The molecule has 0 saturated heterocycles. The maximum Gasteiger partial charge on any atom is 0.334 e. The van der Waals surface area contributed by atoms with E-state index in [2.05, 4.69) is 20.4 Å². The summed E-state index contributed by atoms with van der Waals surface area (Å²) in [7, 11) is 1.65. The van der Waals surface area contributed by atoms with Crippen molar-refractivity contribution in [3.05, 3.63) is 33.8 Å². The Balaban J connectivity index is 2.70. The van der Waals surface area contributed by atoms with E-state index < -0.39 is 4.92 Å². The molecule has 18 heavy (non-hydrogen) atoms. The van der Waals surface area contributed by atoms with E-state index in [9.17, 15) is 10.1 Å². The van der Waals surface area contributed by atoms with Gasteiger partial charge in [0.15, 0.2) is 0 Å². The third kappa shape index (κ3) is 1.99. The standard InChI is InChI=1S/C10H12N6O2/c1-6-4-12-15(5-6)9-8(16(17)18)7(2)13-10(11-3)14-9/h4-5H,1-3H3,(H,11,13,14). The van der Waals surface area contributed by atoms with Gasteiger partial charge in [0.2, 0.25) is 11.8 Å². The fourth-order valence-electron chi connectivity index (χ4n) is 1.57. The minimum Gasteiger partial charge on any atom is -0.357 e. The molecule has 0 fully saturated rings. The van der Waals surface area contributed by atoms with E-state index in [0.29, 0.717) is 11.6 Å². The number of aryl methyl sites for hydroxylation is 2. The second kappa shape index (κ2) is 4.40. The summed E-state index contributed by atoms with van der Waals surface area (Å²) < 4.78 is 1.38. The molecule has 0 amide bonds. The quantitative estimate of drug-likeness (QED) is 0.647. The molecule has 8 heteroatoms. The molecule has 0 aromatic carbocycles. The van der Waals surface area contributed by atoms with Crippen molar-refractivity contribution in [2.75, 3.05) is 12.4 Å². The van der Waals surface area contributed by atoms with Gasteiger partial charge in [0, 0.05) is 13.2 Å². The molecule has 0 unspecified atom stereocenters. The SMILES string of the molecule is CNc1nc(C)c([N+](=O)[O-])c(-n2cc(C)cn2)n1. The molecule has 2 rings (SSSR count). The smallest absolute Gasteiger partial charge is 0.334 e. The lowest BCUT2D eigenvalue weighted by atomic mass is 10.3. The van der Waals surface area contributed by atoms with E-state index in [1.807, 2.05) is 6.92 Å². The number of hydrogen-bond donors (Lipinski definition) is 1. The first-order chi connectivity index (χ1) is 8.52. The van der Waals surface area contributed by atoms with Gasteiger partial charge in [0.1, 0.15) is 5.69 Å². The fourth-order valence-corrected chi connectivity index (χ4v) is 1.57. The summed E-state index contributed by atoms with van der Waals surface area (Å²) in [6.45, 7) is 3.42. The van der Waals surface area contributed by atoms with E-state index in [4.69, 9.17) is 0 Å². The van der Waals surface area contributed by atoms with Crippen LogP contribution in [0.25, 0.3) is 5.82 Å². The molecule has 0 atom stereocenters. The molecule has 0 aliphatic heterocycles. The molecule has 94 valence electrons. The van der Waals surface area contributed by atoms with Gasteiger partial charge in [-0.2, -0.15) is 10.1 Å². The first-order valence-corrected chi connectivity index (χ1v) is 5.25. The van der Waals surface area contributed by atoms with Gasteiger partial charge >= 0.3 is 5.69 Å². The van der Waals surface area contributed by atoms with Crippen LogP contribution in [0.1, 0.15) is 11.3 Å². The van der Waals surface area contributed by atoms with Crippen molar-refractivity contribution in [3.63, 3.8) is 0 Å². The third-order valence-corrected chi connectivity index (χ3v) is 2.37. The Bertz CT molecular complexity index is 606. The van der Waals surface area contributed by atoms with Crippen LogP contribution in [0.3, 0.4) is 0 Å². The first kappa shape index (κ1) is 12.0. The Morgan fingerprint density at radius 1 is 1.39 bits per heavy atom. The molecule has 0 aliphatic rings. The lowest BCUT2D eigenvalue weighted by Gasteiger charge is -2.06. The highest BCUT2D eigenvalue weighted by Gasteiger charge is 2.23. The molecule has 2 heterocycles. The molecule has 0 spiro atoms. The highest BCUT2D eigenvalue weighted by Crippen LogP contribution is 2.24. The van der Waals surface area contributed by atoms with E-state index in [1.54, 1.807) is 26.4 Å². The molecule has 0 saturated carbocycles. The Labute approximate surface area is 103 Å². The predicted octanol–water partition coefficient (Wildman–Crippen LogP) is 1.23. The number of nitro groups is 1. The van der Waals surface area contributed by atoms with Crippen LogP contribution in [-0.2, 0) is 0 Å². The van der Waals surface area contributed by atoms with Crippen molar-refractivity contribution < 1.29 is 4.92 Å². The number of nitrogens with one attached hydrogen (secondary N) is 1. The monoisotopic (exact) mass is 248 g/mol. The number of anilines is 1. The molecular formula is C10H12N6O2. The Morgan fingerprint density at radius 3 is 2.61 bits per heavy atom. The number of hydrogen-bond acceptors (Lipinski definition) is 6. The average molecular weight is 248 g/mol. The van der Waals surface area contributed by atoms with Crippen LogP contribution < -0.4 is 5.32 Å². The largest absolute Gasteiger partial charge is 0.357 e. The number of nitrogens with zero attached hydrogens (tertiary/aromatic N) is 5. The van der Waals surface area contributed by atoms with E-state index in [-0.39, 0.29) is 11.5 Å². The predicted molar refractivity (Wildman–Crippen MR) is 64.8 cm³/mol. The van der Waals surface area contributed by atoms with Crippen molar-refractivity contribution in [3.8, 4) is 5.82 Å². The maximum absolute atomic E-state index is 11.1. The number of aromatic nitrogens is 4. The Kier molecular flexibility index (Phi) is 2.92. The summed E-state index contributed by atoms with van der Waals surface area (Å²) in [6.07, 6.45) is 3.29. The van der Waals surface area contributed by atoms with Gasteiger partial charge < -0.3 is 5.32 Å². The van der Waals surface area contributed by atoms with Gasteiger partial charge in [-0.25, -0.2) is 9.67 Å². The van der Waals surface area contributed by atoms with Crippen molar-refractivity contribution in [2.45, 2.75) is 13.8 Å². The fraction of sp³-hybridized carbons (Fsp3) is 0.300. The normalized spacial score (nSPS) is 10.4. The van der Waals surface area contributed by atoms with Crippen molar-refractivity contribution >= 4 is 11.6 Å². The van der Waals surface area contributed by atoms with Gasteiger partial charge in [0.05, 0.1) is 11.1 Å². The Hall–Kier alpha value is -2.51. The Morgan fingerprint density at radius 2 is 2.11 bits per heavy atom. The van der Waals surface area contributed by atoms with Crippen LogP contribution >= 0.6 is 0 Å². The topological polar surface area (TPSA) is 98.8 Å². The molecule has 2 aromatic rings. The minimum atomic E-state index is -0.499. The molecule has 8 nitrogen and oxygen atoms in total. The van der Waals surface area contributed by atoms with Crippen molar-refractivity contribution in [1.82, 2.24) is 19.7 Å². The van der Waals surface area contributed by atoms with Gasteiger partial charge in [-0.05, 0) is 19.4 Å². The lowest BCUT2D eigenvalue weighted by Crippen LogP contribution is -2.09. The van der Waals surface area contributed by atoms with E-state index >= 15 is 0 Å². The molecule has 0 radical (unpaired) electrons. The van der Waals surface area contributed by atoms with Crippen LogP contribution in [0, 0.1) is 24.0 Å². The summed E-state index contributed by atoms with van der Waals surface area (Å²) in [4.78, 5) is 18.7. The average Bonchev–Trinajstić information content (AvgIpc) is 2.74. The summed E-state index contributed by atoms with van der Waals surface area (Å²) in [5, 5.41) is 17.9. The zero-order chi connectivity index (χ0) is 13.3. The molecule has 0 aliphatic carbocycles. The summed E-state index contributed by atoms with van der Waals surface area (Å²) in [5.41, 5.74) is 1.05. The molecule has 1 N–H and O–H groups in total. The van der Waals surface area contributed by atoms with Crippen LogP contribution in [-0.4, -0.2) is 31.7 Å². The summed E-state index contributed by atoms with van der Waals surface area (Å²) in [5.74, 6) is 0.478. The van der Waals surface area contributed by atoms with Crippen LogP contribution in [0.2, 0.25) is 0 Å². The van der Waals surface area contributed by atoms with Gasteiger partial charge in [-0.1, -0.05) is 0 Å². The lowest BCUT2D eigenvalue weighted by molar-refractivity contribution is -0.385. The van der Waals surface area contributed by atoms with E-state index in [1.165, 1.54) is 4.68 Å².